The average Bonchev–Trinajstić information content (AvgIpc) is 2.42. The van der Waals surface area contributed by atoms with Crippen LogP contribution in [0.4, 0.5) is 4.39 Å². The van der Waals surface area contributed by atoms with E-state index in [1.54, 1.807) is 24.3 Å². The fraction of sp³-hybridized carbons (Fsp3) is 0.143. The van der Waals surface area contributed by atoms with Gasteiger partial charge in [-0.1, -0.05) is 11.6 Å². The molecule has 3 nitrogen and oxygen atoms in total. The summed E-state index contributed by atoms with van der Waals surface area (Å²) in [4.78, 5) is 0. The quantitative estimate of drug-likeness (QED) is 0.910. The van der Waals surface area contributed by atoms with E-state index in [1.807, 2.05) is 0 Å². The largest absolute Gasteiger partial charge is 0.491 e. The van der Waals surface area contributed by atoms with Gasteiger partial charge >= 0.3 is 0 Å². The number of aliphatic hydroxyl groups is 1. The normalized spacial score (nSPS) is 10.3. The van der Waals surface area contributed by atoms with Gasteiger partial charge in [0, 0.05) is 6.07 Å². The molecule has 0 aliphatic rings. The van der Waals surface area contributed by atoms with Crippen LogP contribution in [0.1, 0.15) is 0 Å². The van der Waals surface area contributed by atoms with E-state index >= 15 is 0 Å². The lowest BCUT2D eigenvalue weighted by molar-refractivity contribution is 0.201. The highest BCUT2D eigenvalue weighted by atomic mass is 35.5. The standard InChI is InChI=1S/C14H12ClFO3/c15-13-9-12(5-6-14(13)16)19-11-3-1-10(2-4-11)18-8-7-17/h1-6,9,17H,7-8H2. The minimum Gasteiger partial charge on any atom is -0.491 e. The Balaban J connectivity index is 2.04. The molecule has 0 spiro atoms. The van der Waals surface area contributed by atoms with Crippen LogP contribution in [0.25, 0.3) is 0 Å². The summed E-state index contributed by atoms with van der Waals surface area (Å²) in [6, 6.07) is 11.0. The Kier molecular flexibility index (Phi) is 4.60. The van der Waals surface area contributed by atoms with Crippen molar-refractivity contribution in [3.8, 4) is 17.2 Å². The van der Waals surface area contributed by atoms with Gasteiger partial charge in [0.05, 0.1) is 11.6 Å². The Labute approximate surface area is 115 Å². The van der Waals surface area contributed by atoms with Crippen molar-refractivity contribution in [2.24, 2.45) is 0 Å². The molecule has 100 valence electrons. The number of aliphatic hydroxyl groups excluding tert-OH is 1. The fourth-order valence-corrected chi connectivity index (χ4v) is 1.61. The van der Waals surface area contributed by atoms with Gasteiger partial charge in [-0.3, -0.25) is 0 Å². The monoisotopic (exact) mass is 282 g/mol. The van der Waals surface area contributed by atoms with Crippen molar-refractivity contribution in [1.82, 2.24) is 0 Å². The molecule has 0 aromatic heterocycles. The molecule has 0 atom stereocenters. The Morgan fingerprint density at radius 3 is 2.26 bits per heavy atom. The zero-order chi connectivity index (χ0) is 13.7. The van der Waals surface area contributed by atoms with E-state index in [0.717, 1.165) is 0 Å². The van der Waals surface area contributed by atoms with E-state index in [9.17, 15) is 4.39 Å². The number of halogens is 2. The Morgan fingerprint density at radius 2 is 1.63 bits per heavy atom. The molecule has 0 heterocycles. The van der Waals surface area contributed by atoms with Gasteiger partial charge in [0.25, 0.3) is 0 Å². The number of ether oxygens (including phenoxy) is 2. The smallest absolute Gasteiger partial charge is 0.142 e. The molecular formula is C14H12ClFO3. The summed E-state index contributed by atoms with van der Waals surface area (Å²) in [5.74, 6) is 1.19. The first-order valence-corrected chi connectivity index (χ1v) is 6.03. The Hall–Kier alpha value is -1.78. The van der Waals surface area contributed by atoms with Crippen molar-refractivity contribution in [1.29, 1.82) is 0 Å². The van der Waals surface area contributed by atoms with E-state index in [0.29, 0.717) is 17.2 Å². The van der Waals surface area contributed by atoms with Crippen LogP contribution in [0.15, 0.2) is 42.5 Å². The Bertz CT molecular complexity index is 543. The summed E-state index contributed by atoms with van der Waals surface area (Å²) in [6.07, 6.45) is 0. The molecule has 2 aromatic rings. The van der Waals surface area contributed by atoms with Crippen molar-refractivity contribution >= 4 is 11.6 Å². The summed E-state index contributed by atoms with van der Waals surface area (Å²) in [5, 5.41) is 8.65. The van der Waals surface area contributed by atoms with Gasteiger partial charge in [-0.15, -0.1) is 0 Å². The number of hydrogen-bond acceptors (Lipinski definition) is 3. The minimum atomic E-state index is -0.484. The Morgan fingerprint density at radius 1 is 1.00 bits per heavy atom. The number of hydrogen-bond donors (Lipinski definition) is 1. The molecule has 0 aliphatic heterocycles. The van der Waals surface area contributed by atoms with Crippen molar-refractivity contribution in [3.05, 3.63) is 53.3 Å². The predicted octanol–water partition coefficient (Wildman–Crippen LogP) is 3.64. The SMILES string of the molecule is OCCOc1ccc(Oc2ccc(F)c(Cl)c2)cc1. The molecule has 2 rings (SSSR count). The maximum atomic E-state index is 13.0. The molecule has 1 N–H and O–H groups in total. The molecule has 2 aromatic carbocycles. The van der Waals surface area contributed by atoms with Gasteiger partial charge in [0.2, 0.25) is 0 Å². The highest BCUT2D eigenvalue weighted by Gasteiger charge is 2.03. The van der Waals surface area contributed by atoms with Crippen LogP contribution in [0, 0.1) is 5.82 Å². The molecule has 0 aliphatic carbocycles. The van der Waals surface area contributed by atoms with Crippen LogP contribution in [0.2, 0.25) is 5.02 Å². The van der Waals surface area contributed by atoms with Crippen LogP contribution in [-0.4, -0.2) is 18.3 Å². The lowest BCUT2D eigenvalue weighted by Gasteiger charge is -2.08. The zero-order valence-electron chi connectivity index (χ0n) is 9.98. The van der Waals surface area contributed by atoms with E-state index in [-0.39, 0.29) is 18.2 Å². The summed E-state index contributed by atoms with van der Waals surface area (Å²) in [6.45, 7) is 0.208. The summed E-state index contributed by atoms with van der Waals surface area (Å²) in [7, 11) is 0. The molecule has 0 saturated carbocycles. The maximum absolute atomic E-state index is 13.0. The fourth-order valence-electron chi connectivity index (χ4n) is 1.44. The summed E-state index contributed by atoms with van der Waals surface area (Å²) in [5.41, 5.74) is 0. The van der Waals surface area contributed by atoms with E-state index < -0.39 is 5.82 Å². The molecule has 0 amide bonds. The predicted molar refractivity (Wildman–Crippen MR) is 70.5 cm³/mol. The average molecular weight is 283 g/mol. The van der Waals surface area contributed by atoms with Gasteiger partial charge < -0.3 is 14.6 Å². The second kappa shape index (κ2) is 6.41. The summed E-state index contributed by atoms with van der Waals surface area (Å²) >= 11 is 5.66. The van der Waals surface area contributed by atoms with Crippen LogP contribution >= 0.6 is 11.6 Å². The molecular weight excluding hydrogens is 271 g/mol. The van der Waals surface area contributed by atoms with Gasteiger partial charge in [-0.05, 0) is 36.4 Å². The third-order valence-electron chi connectivity index (χ3n) is 2.31. The van der Waals surface area contributed by atoms with Crippen LogP contribution < -0.4 is 9.47 Å². The highest BCUT2D eigenvalue weighted by molar-refractivity contribution is 6.30. The number of benzene rings is 2. The molecule has 19 heavy (non-hydrogen) atoms. The van der Waals surface area contributed by atoms with Crippen molar-refractivity contribution in [2.45, 2.75) is 0 Å². The van der Waals surface area contributed by atoms with Crippen LogP contribution in [-0.2, 0) is 0 Å². The molecule has 0 fully saturated rings. The van der Waals surface area contributed by atoms with E-state index in [2.05, 4.69) is 0 Å². The third kappa shape index (κ3) is 3.84. The zero-order valence-corrected chi connectivity index (χ0v) is 10.7. The van der Waals surface area contributed by atoms with Crippen molar-refractivity contribution < 1.29 is 19.0 Å². The summed E-state index contributed by atoms with van der Waals surface area (Å²) < 4.78 is 23.7. The van der Waals surface area contributed by atoms with Crippen molar-refractivity contribution in [3.63, 3.8) is 0 Å². The molecule has 0 unspecified atom stereocenters. The van der Waals surface area contributed by atoms with Gasteiger partial charge in [0.1, 0.15) is 29.7 Å². The van der Waals surface area contributed by atoms with E-state index in [4.69, 9.17) is 26.2 Å². The lowest BCUT2D eigenvalue weighted by atomic mass is 10.3. The van der Waals surface area contributed by atoms with Crippen LogP contribution in [0.3, 0.4) is 0 Å². The third-order valence-corrected chi connectivity index (χ3v) is 2.60. The van der Waals surface area contributed by atoms with Gasteiger partial charge in [-0.2, -0.15) is 0 Å². The first-order chi connectivity index (χ1) is 9.19. The number of rotatable bonds is 5. The first kappa shape index (κ1) is 13.6. The van der Waals surface area contributed by atoms with Gasteiger partial charge in [0.15, 0.2) is 0 Å². The minimum absolute atomic E-state index is 0.0143. The maximum Gasteiger partial charge on any atom is 0.142 e. The molecule has 0 bridgehead atoms. The second-order valence-corrected chi connectivity index (χ2v) is 4.13. The van der Waals surface area contributed by atoms with Crippen LogP contribution in [0.5, 0.6) is 17.2 Å². The first-order valence-electron chi connectivity index (χ1n) is 5.65. The second-order valence-electron chi connectivity index (χ2n) is 3.72. The molecule has 0 saturated heterocycles. The van der Waals surface area contributed by atoms with Crippen molar-refractivity contribution in [2.75, 3.05) is 13.2 Å². The highest BCUT2D eigenvalue weighted by Crippen LogP contribution is 2.27. The topological polar surface area (TPSA) is 38.7 Å². The van der Waals surface area contributed by atoms with E-state index in [1.165, 1.54) is 18.2 Å². The molecule has 0 radical (unpaired) electrons. The van der Waals surface area contributed by atoms with Gasteiger partial charge in [-0.25, -0.2) is 4.39 Å². The molecule has 5 heteroatoms. The lowest BCUT2D eigenvalue weighted by Crippen LogP contribution is -2.01.